The summed E-state index contributed by atoms with van der Waals surface area (Å²) in [5, 5.41) is 15.9. The van der Waals surface area contributed by atoms with Gasteiger partial charge in [0.05, 0.1) is 23.9 Å². The number of oxime groups is 1. The Balaban J connectivity index is 1.67. The fourth-order valence-corrected chi connectivity index (χ4v) is 3.77. The number of hydrogen-bond acceptors (Lipinski definition) is 5. The van der Waals surface area contributed by atoms with Crippen molar-refractivity contribution < 1.29 is 32.6 Å². The molecular formula is C24H27F3N2O4. The number of aryl methyl sites for hydroxylation is 1. The molecule has 0 radical (unpaired) electrons. The summed E-state index contributed by atoms with van der Waals surface area (Å²) >= 11 is 0. The first-order valence-electron chi connectivity index (χ1n) is 10.7. The third kappa shape index (κ3) is 6.47. The molecule has 0 amide bonds. The van der Waals surface area contributed by atoms with E-state index in [1.54, 1.807) is 20.8 Å². The number of ether oxygens (including phenoxy) is 1. The molecule has 9 heteroatoms. The molecule has 0 fully saturated rings. The summed E-state index contributed by atoms with van der Waals surface area (Å²) in [6.07, 6.45) is -3.28. The highest BCUT2D eigenvalue weighted by Crippen LogP contribution is 2.37. The molecule has 0 bridgehead atoms. The van der Waals surface area contributed by atoms with Gasteiger partial charge in [-0.1, -0.05) is 23.4 Å². The number of aliphatic carboxylic acids is 1. The summed E-state index contributed by atoms with van der Waals surface area (Å²) in [6, 6.07) is 9.65. The number of benzene rings is 2. The molecular weight excluding hydrogens is 437 g/mol. The molecule has 1 aliphatic rings. The fourth-order valence-electron chi connectivity index (χ4n) is 3.77. The summed E-state index contributed by atoms with van der Waals surface area (Å²) in [7, 11) is 0. The molecule has 0 saturated carbocycles. The second kappa shape index (κ2) is 10.2. The van der Waals surface area contributed by atoms with Crippen molar-refractivity contribution in [3.63, 3.8) is 0 Å². The van der Waals surface area contributed by atoms with Gasteiger partial charge in [0.25, 0.3) is 0 Å². The van der Waals surface area contributed by atoms with Crippen LogP contribution in [0.1, 0.15) is 61.1 Å². The predicted octanol–water partition coefficient (Wildman–Crippen LogP) is 5.09. The average Bonchev–Trinajstić information content (AvgIpc) is 3.14. The number of carboxylic acids is 1. The van der Waals surface area contributed by atoms with Gasteiger partial charge in [-0.25, -0.2) is 0 Å². The minimum absolute atomic E-state index is 0.00382. The van der Waals surface area contributed by atoms with Crippen molar-refractivity contribution in [3.05, 3.63) is 64.2 Å². The number of hydrogen-bond donors (Lipinski definition) is 2. The number of carbonyl (C=O) groups is 1. The third-order valence-corrected chi connectivity index (χ3v) is 5.28. The van der Waals surface area contributed by atoms with Crippen molar-refractivity contribution >= 4 is 11.7 Å². The van der Waals surface area contributed by atoms with Crippen molar-refractivity contribution in [1.82, 2.24) is 5.32 Å². The highest BCUT2D eigenvalue weighted by molar-refractivity contribution is 5.98. The monoisotopic (exact) mass is 464 g/mol. The number of carboxylic acid groups (broad SMARTS) is 1. The van der Waals surface area contributed by atoms with E-state index in [4.69, 9.17) is 14.7 Å². The Bertz CT molecular complexity index is 1030. The lowest BCUT2D eigenvalue weighted by atomic mass is 10.0. The smallest absolute Gasteiger partial charge is 0.419 e. The molecule has 0 heterocycles. The molecule has 3 rings (SSSR count). The third-order valence-electron chi connectivity index (χ3n) is 5.28. The van der Waals surface area contributed by atoms with Crippen LogP contribution in [0.5, 0.6) is 5.75 Å². The van der Waals surface area contributed by atoms with Crippen LogP contribution in [0.3, 0.4) is 0 Å². The highest BCUT2D eigenvalue weighted by atomic mass is 19.4. The van der Waals surface area contributed by atoms with E-state index in [0.717, 1.165) is 35.6 Å². The van der Waals surface area contributed by atoms with Crippen LogP contribution in [-0.2, 0) is 28.8 Å². The summed E-state index contributed by atoms with van der Waals surface area (Å²) in [4.78, 5) is 16.1. The van der Waals surface area contributed by atoms with Crippen LogP contribution in [0.4, 0.5) is 13.2 Å². The van der Waals surface area contributed by atoms with Gasteiger partial charge in [0, 0.05) is 6.04 Å². The van der Waals surface area contributed by atoms with Gasteiger partial charge in [-0.05, 0) is 74.1 Å². The second-order valence-electron chi connectivity index (χ2n) is 8.22. The van der Waals surface area contributed by atoms with Crippen molar-refractivity contribution in [2.24, 2.45) is 5.16 Å². The molecule has 0 aromatic heterocycles. The number of alkyl halides is 3. The van der Waals surface area contributed by atoms with Crippen molar-refractivity contribution in [1.29, 1.82) is 0 Å². The largest absolute Gasteiger partial charge is 0.490 e. The zero-order valence-corrected chi connectivity index (χ0v) is 18.7. The Kier molecular flexibility index (Phi) is 7.63. The maximum atomic E-state index is 13.4. The summed E-state index contributed by atoms with van der Waals surface area (Å²) in [6.45, 7) is 4.88. The van der Waals surface area contributed by atoms with Crippen molar-refractivity contribution in [2.45, 2.75) is 58.5 Å². The van der Waals surface area contributed by atoms with Gasteiger partial charge in [0.15, 0.2) is 0 Å². The molecule has 0 aliphatic heterocycles. The number of nitrogens with one attached hydrogen (secondary N) is 1. The number of rotatable bonds is 9. The maximum absolute atomic E-state index is 13.4. The van der Waals surface area contributed by atoms with Gasteiger partial charge in [-0.2, -0.15) is 13.2 Å². The van der Waals surface area contributed by atoms with Crippen LogP contribution >= 0.6 is 0 Å². The Labute approximate surface area is 190 Å². The molecule has 2 N–H and O–H groups in total. The van der Waals surface area contributed by atoms with Gasteiger partial charge in [-0.3, -0.25) is 4.79 Å². The molecule has 1 unspecified atom stereocenters. The lowest BCUT2D eigenvalue weighted by molar-refractivity contribution is -0.139. The predicted molar refractivity (Wildman–Crippen MR) is 117 cm³/mol. The SMILES string of the molecule is C/C(=N\OCc1ccc(OC(C)C)c(C(F)(F)F)c1)c1ccc2c(c1)CCC2NCC(=O)O. The Morgan fingerprint density at radius 3 is 2.67 bits per heavy atom. The van der Waals surface area contributed by atoms with Gasteiger partial charge in [-0.15, -0.1) is 0 Å². The van der Waals surface area contributed by atoms with E-state index in [1.165, 1.54) is 12.1 Å². The van der Waals surface area contributed by atoms with Gasteiger partial charge >= 0.3 is 12.1 Å². The number of fused-ring (bicyclic) bond motifs is 1. The molecule has 1 atom stereocenters. The first-order chi connectivity index (χ1) is 15.5. The van der Waals surface area contributed by atoms with E-state index in [9.17, 15) is 18.0 Å². The van der Waals surface area contributed by atoms with Crippen LogP contribution in [-0.4, -0.2) is 29.4 Å². The molecule has 6 nitrogen and oxygen atoms in total. The molecule has 0 spiro atoms. The van der Waals surface area contributed by atoms with Crippen molar-refractivity contribution in [2.75, 3.05) is 6.54 Å². The van der Waals surface area contributed by atoms with Crippen LogP contribution in [0.15, 0.2) is 41.6 Å². The van der Waals surface area contributed by atoms with Crippen molar-refractivity contribution in [3.8, 4) is 5.75 Å². The standard InChI is InChI=1S/C24H27F3N2O4/c1-14(2)33-22-9-4-16(10-20(22)24(25,26)27)13-32-29-15(3)17-5-7-19-18(11-17)6-8-21(19)28-12-23(30)31/h4-5,7,9-11,14,21,28H,6,8,12-13H2,1-3H3,(H,30,31)/b29-15+. The highest BCUT2D eigenvalue weighted by Gasteiger charge is 2.35. The number of nitrogens with zero attached hydrogens (tertiary/aromatic N) is 1. The summed E-state index contributed by atoms with van der Waals surface area (Å²) < 4.78 is 45.5. The Hall–Kier alpha value is -3.07. The van der Waals surface area contributed by atoms with Crippen LogP contribution in [0.25, 0.3) is 0 Å². The number of halogens is 3. The zero-order chi connectivity index (χ0) is 24.2. The molecule has 2 aromatic carbocycles. The molecule has 178 valence electrons. The van der Waals surface area contributed by atoms with Crippen LogP contribution < -0.4 is 10.1 Å². The van der Waals surface area contributed by atoms with E-state index < -0.39 is 17.7 Å². The average molecular weight is 464 g/mol. The second-order valence-corrected chi connectivity index (χ2v) is 8.22. The summed E-state index contributed by atoms with van der Waals surface area (Å²) in [5.41, 5.74) is 3.09. The molecule has 2 aromatic rings. The summed E-state index contributed by atoms with van der Waals surface area (Å²) in [5.74, 6) is -1.11. The van der Waals surface area contributed by atoms with Crippen LogP contribution in [0, 0.1) is 0 Å². The Morgan fingerprint density at radius 1 is 1.24 bits per heavy atom. The van der Waals surface area contributed by atoms with E-state index >= 15 is 0 Å². The Morgan fingerprint density at radius 2 is 2.00 bits per heavy atom. The van der Waals surface area contributed by atoms with E-state index in [0.29, 0.717) is 11.3 Å². The van der Waals surface area contributed by atoms with Crippen LogP contribution in [0.2, 0.25) is 0 Å². The normalized spacial score (nSPS) is 16.1. The van der Waals surface area contributed by atoms with Gasteiger partial charge in [0.1, 0.15) is 12.4 Å². The van der Waals surface area contributed by atoms with E-state index in [2.05, 4.69) is 10.5 Å². The van der Waals surface area contributed by atoms with E-state index in [-0.39, 0.29) is 31.0 Å². The van der Waals surface area contributed by atoms with Gasteiger partial charge < -0.3 is 20.0 Å². The first kappa shape index (κ1) is 24.6. The molecule has 0 saturated heterocycles. The fraction of sp³-hybridized carbons (Fsp3) is 0.417. The minimum Gasteiger partial charge on any atom is -0.490 e. The lowest BCUT2D eigenvalue weighted by Gasteiger charge is -2.17. The minimum atomic E-state index is -4.54. The lowest BCUT2D eigenvalue weighted by Crippen LogP contribution is -2.25. The van der Waals surface area contributed by atoms with E-state index in [1.807, 2.05) is 18.2 Å². The first-order valence-corrected chi connectivity index (χ1v) is 10.7. The van der Waals surface area contributed by atoms with Gasteiger partial charge in [0.2, 0.25) is 0 Å². The zero-order valence-electron chi connectivity index (χ0n) is 18.7. The maximum Gasteiger partial charge on any atom is 0.419 e. The quantitative estimate of drug-likeness (QED) is 0.399. The topological polar surface area (TPSA) is 80.2 Å². The molecule has 1 aliphatic carbocycles. The molecule has 33 heavy (non-hydrogen) atoms.